The van der Waals surface area contributed by atoms with Crippen molar-refractivity contribution in [1.82, 2.24) is 14.0 Å². The molecule has 0 spiro atoms. The molecule has 1 aliphatic carbocycles. The molecule has 3 saturated heterocycles. The number of nitrogens with two attached hydrogens (primary N) is 2. The van der Waals surface area contributed by atoms with Crippen molar-refractivity contribution in [1.29, 1.82) is 0 Å². The second-order valence-corrected chi connectivity index (χ2v) is 33.3. The molecule has 13 nitrogen and oxygen atoms in total. The predicted molar refractivity (Wildman–Crippen MR) is 277 cm³/mol. The third kappa shape index (κ3) is 14.0. The van der Waals surface area contributed by atoms with Gasteiger partial charge in [-0.25, -0.2) is 0 Å². The first-order valence-corrected chi connectivity index (χ1v) is 34.8. The van der Waals surface area contributed by atoms with Gasteiger partial charge in [0.15, 0.2) is 0 Å². The Bertz CT molecular complexity index is 1290. The summed E-state index contributed by atoms with van der Waals surface area (Å²) < 4.78 is 58.0. The van der Waals surface area contributed by atoms with Crippen LogP contribution in [0.15, 0.2) is 0 Å². The van der Waals surface area contributed by atoms with E-state index < -0.39 is 37.3 Å². The number of ether oxygens (including phenoxy) is 4. The highest BCUT2D eigenvalue weighted by atomic mass is 28.4. The van der Waals surface area contributed by atoms with Gasteiger partial charge >= 0.3 is 8.80 Å². The van der Waals surface area contributed by atoms with Crippen molar-refractivity contribution in [2.24, 2.45) is 22.8 Å². The minimum Gasteiger partial charge on any atom is -0.403 e. The van der Waals surface area contributed by atoms with E-state index in [2.05, 4.69) is 89.1 Å². The first-order chi connectivity index (χ1) is 31.7. The summed E-state index contributed by atoms with van der Waals surface area (Å²) in [6, 6.07) is 1.20. The lowest BCUT2D eigenvalue weighted by Gasteiger charge is -2.51. The Morgan fingerprint density at radius 2 is 1.17 bits per heavy atom. The predicted octanol–water partition coefficient (Wildman–Crippen LogP) is 10.0. The SMILES string of the molecule is CCOC1(OCC)CCCN1CCCC(CCCN1CCCC1(OCC)OCC)(CCC(CCC1(CN)CCCC(CN)C1)[Si]1(OCC)CCCN1[Si](C)(C)C)[Si](OCC)(OCC)OCC. The molecule has 4 aliphatic rings. The van der Waals surface area contributed by atoms with Gasteiger partial charge in [0, 0.05) is 96.9 Å². The highest BCUT2D eigenvalue weighted by Gasteiger charge is 2.62. The lowest BCUT2D eigenvalue weighted by molar-refractivity contribution is -0.300. The van der Waals surface area contributed by atoms with Crippen LogP contribution >= 0.6 is 0 Å². The minimum atomic E-state index is -3.38. The van der Waals surface area contributed by atoms with Crippen molar-refractivity contribution in [3.63, 3.8) is 0 Å². The molecule has 0 aromatic carbocycles. The lowest BCUT2D eigenvalue weighted by atomic mass is 9.67. The molecule has 0 aromatic rings. The summed E-state index contributed by atoms with van der Waals surface area (Å²) in [6.45, 7) is 35.9. The third-order valence-electron chi connectivity index (χ3n) is 16.1. The lowest BCUT2D eigenvalue weighted by Crippen LogP contribution is -2.64. The maximum atomic E-state index is 7.47. The summed E-state index contributed by atoms with van der Waals surface area (Å²) in [5, 5.41) is -0.349. The quantitative estimate of drug-likeness (QED) is 0.0461. The monoisotopic (exact) mass is 988 g/mol. The largest absolute Gasteiger partial charge is 0.507 e. The fourth-order valence-electron chi connectivity index (χ4n) is 13.5. The van der Waals surface area contributed by atoms with Crippen LogP contribution in [-0.2, 0) is 36.7 Å². The van der Waals surface area contributed by atoms with Gasteiger partial charge in [-0.05, 0) is 188 Å². The molecule has 3 heterocycles. The van der Waals surface area contributed by atoms with E-state index in [1.54, 1.807) is 0 Å². The van der Waals surface area contributed by atoms with Crippen molar-refractivity contribution >= 4 is 25.5 Å². The molecule has 0 bridgehead atoms. The fourth-order valence-corrected chi connectivity index (χ4v) is 28.3. The summed E-state index contributed by atoms with van der Waals surface area (Å²) >= 11 is 0. The van der Waals surface area contributed by atoms with Crippen LogP contribution in [0.25, 0.3) is 0 Å². The van der Waals surface area contributed by atoms with Gasteiger partial charge in [-0.15, -0.1) is 0 Å². The smallest absolute Gasteiger partial charge is 0.403 e. The molecule has 0 radical (unpaired) electrons. The Labute approximate surface area is 408 Å². The zero-order valence-electron chi connectivity index (χ0n) is 44.8. The number of likely N-dealkylation sites (tertiary alicyclic amines) is 2. The van der Waals surface area contributed by atoms with Gasteiger partial charge in [-0.2, -0.15) is 0 Å². The van der Waals surface area contributed by atoms with Gasteiger partial charge in [-0.3, -0.25) is 9.80 Å². The van der Waals surface area contributed by atoms with E-state index in [1.807, 2.05) is 0 Å². The molecular weight excluding hydrogens is 883 g/mol. The average molecular weight is 989 g/mol. The normalized spacial score (nSPS) is 26.2. The van der Waals surface area contributed by atoms with Crippen LogP contribution < -0.4 is 11.5 Å². The van der Waals surface area contributed by atoms with E-state index >= 15 is 0 Å². The van der Waals surface area contributed by atoms with Crippen LogP contribution in [0, 0.1) is 11.3 Å². The third-order valence-corrected chi connectivity index (χ3v) is 30.0. The molecule has 4 atom stereocenters. The zero-order valence-corrected chi connectivity index (χ0v) is 47.8. The van der Waals surface area contributed by atoms with Crippen molar-refractivity contribution < 1.29 is 36.7 Å². The molecule has 1 saturated carbocycles. The number of nitrogens with zero attached hydrogens (tertiary/aromatic N) is 3. The summed E-state index contributed by atoms with van der Waals surface area (Å²) in [5.74, 6) is -0.767. The Kier molecular flexibility index (Phi) is 24.7. The first kappa shape index (κ1) is 58.7. The van der Waals surface area contributed by atoms with Gasteiger partial charge in [0.05, 0.1) is 0 Å². The van der Waals surface area contributed by atoms with Crippen LogP contribution in [-0.4, -0.2) is 150 Å². The molecule has 3 aliphatic heterocycles. The Balaban J connectivity index is 1.86. The van der Waals surface area contributed by atoms with Crippen LogP contribution in [0.5, 0.6) is 0 Å². The Morgan fingerprint density at radius 1 is 0.636 bits per heavy atom. The minimum absolute atomic E-state index is 0.134. The van der Waals surface area contributed by atoms with E-state index in [0.29, 0.717) is 57.7 Å². The zero-order chi connectivity index (χ0) is 48.4. The molecule has 66 heavy (non-hydrogen) atoms. The maximum Gasteiger partial charge on any atom is 0.507 e. The van der Waals surface area contributed by atoms with Crippen LogP contribution in [0.4, 0.5) is 0 Å². The van der Waals surface area contributed by atoms with Crippen LogP contribution in [0.1, 0.15) is 165 Å². The molecule has 4 fully saturated rings. The Morgan fingerprint density at radius 3 is 1.61 bits per heavy atom. The van der Waals surface area contributed by atoms with E-state index in [-0.39, 0.29) is 10.5 Å². The standard InChI is InChI=1S/C50H105N5O8Si3/c1-12-56-49(57-13-2)32-23-38-53(49)36-21-30-48(66(61-17-6,62-18-7)63-19-8,31-22-37-54-39-24-33-50(54,58-14-3)59-15-4)35-28-46(27-34-47(44-52)29-20-26-45(42-47)43-51)65(60-16-5)41-25-40-55(65)64(9,10)11/h45-46H,12-44,51-52H2,1-11H3. The highest BCUT2D eigenvalue weighted by Crippen LogP contribution is 2.57. The van der Waals surface area contributed by atoms with E-state index in [9.17, 15) is 0 Å². The van der Waals surface area contributed by atoms with E-state index in [4.69, 9.17) is 48.1 Å². The second kappa shape index (κ2) is 27.8. The molecule has 0 aromatic heterocycles. The van der Waals surface area contributed by atoms with Crippen molar-refractivity contribution in [2.75, 3.05) is 98.7 Å². The number of hydrogen-bond acceptors (Lipinski definition) is 13. The van der Waals surface area contributed by atoms with Crippen LogP contribution in [0.2, 0.25) is 36.3 Å². The van der Waals surface area contributed by atoms with Gasteiger partial charge in [0.1, 0.15) is 8.24 Å². The van der Waals surface area contributed by atoms with Crippen LogP contribution in [0.3, 0.4) is 0 Å². The van der Waals surface area contributed by atoms with Gasteiger partial charge in [-0.1, -0.05) is 26.1 Å². The van der Waals surface area contributed by atoms with Crippen molar-refractivity contribution in [2.45, 2.75) is 213 Å². The molecule has 4 N–H and O–H groups in total. The van der Waals surface area contributed by atoms with Gasteiger partial charge in [0.2, 0.25) is 11.8 Å². The number of hydrogen-bond donors (Lipinski definition) is 2. The van der Waals surface area contributed by atoms with Gasteiger partial charge in [0.25, 0.3) is 8.48 Å². The fraction of sp³-hybridized carbons (Fsp3) is 1.00. The summed E-state index contributed by atoms with van der Waals surface area (Å²) in [7, 11) is -7.56. The molecule has 4 unspecified atom stereocenters. The maximum absolute atomic E-state index is 7.47. The number of rotatable bonds is 35. The molecule has 0 amide bonds. The van der Waals surface area contributed by atoms with Crippen molar-refractivity contribution in [3.8, 4) is 0 Å². The summed E-state index contributed by atoms with van der Waals surface area (Å²) in [6.07, 6.45) is 18.0. The molecular formula is C50H105N5O8Si3. The van der Waals surface area contributed by atoms with Gasteiger partial charge < -0.3 is 52.3 Å². The highest BCUT2D eigenvalue weighted by molar-refractivity contribution is 6.89. The summed E-state index contributed by atoms with van der Waals surface area (Å²) in [4.78, 5) is 4.96. The molecule has 4 rings (SSSR count). The first-order valence-electron chi connectivity index (χ1n) is 27.5. The average Bonchev–Trinajstić information content (AvgIpc) is 4.02. The topological polar surface area (TPSA) is 136 Å². The Hall–Kier alpha value is 0.131. The molecule has 16 heteroatoms. The molecule has 390 valence electrons. The van der Waals surface area contributed by atoms with E-state index in [0.717, 1.165) is 136 Å². The van der Waals surface area contributed by atoms with E-state index in [1.165, 1.54) is 31.7 Å². The second-order valence-electron chi connectivity index (χ2n) is 21.1. The summed E-state index contributed by atoms with van der Waals surface area (Å²) in [5.41, 5.74) is 13.8. The van der Waals surface area contributed by atoms with Crippen molar-refractivity contribution in [3.05, 3.63) is 0 Å².